The van der Waals surface area contributed by atoms with Crippen LogP contribution >= 0.6 is 22.6 Å². The Balaban J connectivity index is 0.00000196. The minimum atomic E-state index is -4.49. The number of carboxylic acids is 1. The van der Waals surface area contributed by atoms with Gasteiger partial charge < -0.3 is 5.11 Å². The van der Waals surface area contributed by atoms with Gasteiger partial charge in [-0.15, -0.1) is 0 Å². The summed E-state index contributed by atoms with van der Waals surface area (Å²) in [7, 11) is -4.49. The fourth-order valence-corrected chi connectivity index (χ4v) is 2.30. The molecule has 0 spiro atoms. The summed E-state index contributed by atoms with van der Waals surface area (Å²) in [5, 5.41) is 8.64. The predicted molar refractivity (Wildman–Crippen MR) is 63.1 cm³/mol. The van der Waals surface area contributed by atoms with Crippen molar-refractivity contribution >= 4 is 90.1 Å². The van der Waals surface area contributed by atoms with E-state index in [1.165, 1.54) is 6.07 Å². The Morgan fingerprint density at radius 3 is 2.27 bits per heavy atom. The Labute approximate surface area is 143 Å². The molecule has 0 aromatic heterocycles. The van der Waals surface area contributed by atoms with Crippen LogP contribution in [0, 0.1) is 3.57 Å². The topological polar surface area (TPSA) is 91.7 Å². The molecular formula is C7H6IKO5S. The van der Waals surface area contributed by atoms with Crippen molar-refractivity contribution in [2.45, 2.75) is 4.90 Å². The molecule has 0 heterocycles. The van der Waals surface area contributed by atoms with E-state index in [0.29, 0.717) is 3.57 Å². The van der Waals surface area contributed by atoms with Gasteiger partial charge in [-0.1, -0.05) is 0 Å². The second-order valence-corrected chi connectivity index (χ2v) is 5.06. The van der Waals surface area contributed by atoms with Crippen LogP contribution in [0.25, 0.3) is 0 Å². The van der Waals surface area contributed by atoms with E-state index in [4.69, 9.17) is 9.66 Å². The Kier molecular flexibility index (Phi) is 6.44. The first-order chi connectivity index (χ1) is 6.32. The summed E-state index contributed by atoms with van der Waals surface area (Å²) in [6.07, 6.45) is 0. The van der Waals surface area contributed by atoms with Crippen molar-refractivity contribution < 1.29 is 22.9 Å². The maximum atomic E-state index is 10.8. The first-order valence-corrected chi connectivity index (χ1v) is 5.84. The van der Waals surface area contributed by atoms with E-state index < -0.39 is 26.5 Å². The molecule has 0 unspecified atom stereocenters. The Morgan fingerprint density at radius 1 is 1.33 bits per heavy atom. The normalized spacial score (nSPS) is 10.5. The third-order valence-corrected chi connectivity index (χ3v) is 3.02. The molecule has 0 aliphatic carbocycles. The summed E-state index contributed by atoms with van der Waals surface area (Å²) < 4.78 is 30.9. The van der Waals surface area contributed by atoms with Gasteiger partial charge in [0.2, 0.25) is 0 Å². The fourth-order valence-electron chi connectivity index (χ4n) is 0.886. The van der Waals surface area contributed by atoms with Crippen molar-refractivity contribution in [3.63, 3.8) is 0 Å². The van der Waals surface area contributed by atoms with E-state index in [1.54, 1.807) is 0 Å². The molecule has 0 aliphatic rings. The van der Waals surface area contributed by atoms with E-state index in [9.17, 15) is 13.2 Å². The average molecular weight is 368 g/mol. The number of benzene rings is 1. The van der Waals surface area contributed by atoms with Crippen LogP contribution in [0.3, 0.4) is 0 Å². The van der Waals surface area contributed by atoms with E-state index in [1.807, 2.05) is 22.6 Å². The molecule has 1 rings (SSSR count). The molecule has 0 saturated carbocycles. The number of carbonyl (C=O) groups is 1. The summed E-state index contributed by atoms with van der Waals surface area (Å²) in [5.74, 6) is -1.39. The van der Waals surface area contributed by atoms with Crippen LogP contribution in [0.15, 0.2) is 23.1 Å². The number of carboxylic acid groups (broad SMARTS) is 1. The minimum absolute atomic E-state index is 0. The SMILES string of the molecule is O=C(O)c1ccc(I)cc1S(=O)(=O)O.[KH]. The molecule has 0 radical (unpaired) electrons. The van der Waals surface area contributed by atoms with Crippen LogP contribution in [-0.2, 0) is 10.1 Å². The summed E-state index contributed by atoms with van der Waals surface area (Å²) in [4.78, 5) is 10.0. The zero-order valence-corrected chi connectivity index (χ0v) is 9.61. The molecule has 5 nitrogen and oxygen atoms in total. The maximum absolute atomic E-state index is 10.8. The predicted octanol–water partition coefficient (Wildman–Crippen LogP) is 0.588. The van der Waals surface area contributed by atoms with Crippen LogP contribution in [0.2, 0.25) is 0 Å². The second kappa shape index (κ2) is 6.05. The molecule has 0 amide bonds. The molecule has 1 aromatic rings. The quantitative estimate of drug-likeness (QED) is 0.453. The molecule has 8 heteroatoms. The summed E-state index contributed by atoms with van der Waals surface area (Å²) in [6, 6.07) is 3.67. The van der Waals surface area contributed by atoms with Crippen LogP contribution in [-0.4, -0.2) is 75.4 Å². The number of aromatic carboxylic acids is 1. The van der Waals surface area contributed by atoms with Crippen LogP contribution in [0.5, 0.6) is 0 Å². The van der Waals surface area contributed by atoms with Crippen LogP contribution in [0.4, 0.5) is 0 Å². The van der Waals surface area contributed by atoms with Gasteiger partial charge in [-0.05, 0) is 40.8 Å². The van der Waals surface area contributed by atoms with E-state index in [0.717, 1.165) is 12.1 Å². The van der Waals surface area contributed by atoms with Crippen LogP contribution < -0.4 is 0 Å². The van der Waals surface area contributed by atoms with E-state index in [-0.39, 0.29) is 51.4 Å². The standard InChI is InChI=1S/C7H5IO5S.K.H/c8-4-1-2-5(7(9)10)6(3-4)14(11,12)13;;/h1-3H,(H,9,10)(H,11,12,13);;. The molecule has 0 saturated heterocycles. The number of halogens is 1. The zero-order chi connectivity index (χ0) is 10.9. The van der Waals surface area contributed by atoms with Gasteiger partial charge in [-0.25, -0.2) is 4.79 Å². The van der Waals surface area contributed by atoms with Crippen molar-refractivity contribution in [1.29, 1.82) is 0 Å². The van der Waals surface area contributed by atoms with Crippen molar-refractivity contribution in [1.82, 2.24) is 0 Å². The van der Waals surface area contributed by atoms with Gasteiger partial charge in [0, 0.05) is 3.57 Å². The van der Waals surface area contributed by atoms with Gasteiger partial charge in [0.1, 0.15) is 4.90 Å². The molecule has 15 heavy (non-hydrogen) atoms. The van der Waals surface area contributed by atoms with E-state index >= 15 is 0 Å². The number of hydrogen-bond donors (Lipinski definition) is 2. The number of hydrogen-bond acceptors (Lipinski definition) is 3. The molecule has 0 aliphatic heterocycles. The first-order valence-electron chi connectivity index (χ1n) is 3.32. The summed E-state index contributed by atoms with van der Waals surface area (Å²) in [6.45, 7) is 0. The summed E-state index contributed by atoms with van der Waals surface area (Å²) in [5.41, 5.74) is -0.437. The van der Waals surface area contributed by atoms with E-state index in [2.05, 4.69) is 0 Å². The van der Waals surface area contributed by atoms with Gasteiger partial charge in [0.15, 0.2) is 0 Å². The average Bonchev–Trinajstić information content (AvgIpc) is 2.01. The van der Waals surface area contributed by atoms with Gasteiger partial charge in [0.05, 0.1) is 5.56 Å². The number of rotatable bonds is 2. The van der Waals surface area contributed by atoms with Crippen LogP contribution in [0.1, 0.15) is 10.4 Å². The third-order valence-electron chi connectivity index (χ3n) is 1.45. The molecular weight excluding hydrogens is 362 g/mol. The van der Waals surface area contributed by atoms with Gasteiger partial charge in [-0.3, -0.25) is 4.55 Å². The van der Waals surface area contributed by atoms with Crippen molar-refractivity contribution in [2.24, 2.45) is 0 Å². The molecule has 0 atom stereocenters. The van der Waals surface area contributed by atoms with Gasteiger partial charge >= 0.3 is 57.4 Å². The van der Waals surface area contributed by atoms with Crippen molar-refractivity contribution in [2.75, 3.05) is 0 Å². The fraction of sp³-hybridized carbons (Fsp3) is 0. The second-order valence-electron chi connectivity index (χ2n) is 2.42. The first kappa shape index (κ1) is 16.0. The monoisotopic (exact) mass is 368 g/mol. The Hall–Kier alpha value is 0.966. The molecule has 1 aromatic carbocycles. The summed E-state index contributed by atoms with van der Waals surface area (Å²) >= 11 is 1.82. The molecule has 2 N–H and O–H groups in total. The molecule has 0 bridgehead atoms. The Bertz CT molecular complexity index is 484. The van der Waals surface area contributed by atoms with Gasteiger partial charge in [0.25, 0.3) is 10.1 Å². The third kappa shape index (κ3) is 4.38. The molecule has 78 valence electrons. The van der Waals surface area contributed by atoms with Crippen molar-refractivity contribution in [3.05, 3.63) is 27.3 Å². The van der Waals surface area contributed by atoms with Gasteiger partial charge in [-0.2, -0.15) is 8.42 Å². The van der Waals surface area contributed by atoms with Crippen molar-refractivity contribution in [3.8, 4) is 0 Å². The molecule has 0 fully saturated rings. The zero-order valence-electron chi connectivity index (χ0n) is 6.64. The Morgan fingerprint density at radius 2 is 1.87 bits per heavy atom.